The van der Waals surface area contributed by atoms with Crippen molar-refractivity contribution in [3.63, 3.8) is 0 Å². The molecule has 90 valence electrons. The molecule has 0 aromatic heterocycles. The van der Waals surface area contributed by atoms with Crippen molar-refractivity contribution in [1.82, 2.24) is 0 Å². The van der Waals surface area contributed by atoms with Crippen molar-refractivity contribution in [2.75, 3.05) is 7.11 Å². The third-order valence-corrected chi connectivity index (χ3v) is 3.68. The van der Waals surface area contributed by atoms with Crippen LogP contribution in [-0.4, -0.2) is 30.8 Å². The van der Waals surface area contributed by atoms with Gasteiger partial charge in [-0.05, 0) is 12.3 Å². The molecule has 4 nitrogen and oxygen atoms in total. The van der Waals surface area contributed by atoms with Crippen LogP contribution in [-0.2, 0) is 19.1 Å². The van der Waals surface area contributed by atoms with Gasteiger partial charge in [-0.25, -0.2) is 9.18 Å². The maximum Gasteiger partial charge on any atom is 0.344 e. The summed E-state index contributed by atoms with van der Waals surface area (Å²) in [6.45, 7) is 3.16. The quantitative estimate of drug-likeness (QED) is 0.666. The van der Waals surface area contributed by atoms with Gasteiger partial charge in [0.15, 0.2) is 0 Å². The fourth-order valence-corrected chi connectivity index (χ4v) is 3.10. The number of methoxy groups -OCH3 is 1. The first-order valence-electron chi connectivity index (χ1n) is 5.37. The fraction of sp³-hybridized carbons (Fsp3) is 0.818. The van der Waals surface area contributed by atoms with Crippen LogP contribution in [0.3, 0.4) is 0 Å². The second kappa shape index (κ2) is 3.43. The van der Waals surface area contributed by atoms with Gasteiger partial charge in [-0.2, -0.15) is 0 Å². The van der Waals surface area contributed by atoms with Crippen LogP contribution in [0.15, 0.2) is 0 Å². The van der Waals surface area contributed by atoms with E-state index in [0.717, 1.165) is 0 Å². The van der Waals surface area contributed by atoms with Crippen molar-refractivity contribution < 1.29 is 23.5 Å². The third-order valence-electron chi connectivity index (χ3n) is 3.68. The zero-order valence-electron chi connectivity index (χ0n) is 9.53. The molecule has 0 heterocycles. The van der Waals surface area contributed by atoms with Crippen molar-refractivity contribution in [1.29, 1.82) is 0 Å². The van der Waals surface area contributed by atoms with Crippen molar-refractivity contribution in [2.24, 2.45) is 17.8 Å². The highest BCUT2D eigenvalue weighted by atomic mass is 19.1. The molecule has 0 saturated heterocycles. The third kappa shape index (κ3) is 1.33. The summed E-state index contributed by atoms with van der Waals surface area (Å²) in [6.07, 6.45) is 0.138. The van der Waals surface area contributed by atoms with Crippen LogP contribution in [0.4, 0.5) is 4.39 Å². The van der Waals surface area contributed by atoms with E-state index >= 15 is 0 Å². The summed E-state index contributed by atoms with van der Waals surface area (Å²) in [4.78, 5) is 22.2. The molecule has 2 rings (SSSR count). The highest BCUT2D eigenvalue weighted by molar-refractivity contribution is 5.85. The second-order valence-corrected chi connectivity index (χ2v) is 4.67. The molecule has 0 N–H and O–H groups in total. The Morgan fingerprint density at radius 1 is 1.38 bits per heavy atom. The Hall–Kier alpha value is -1.13. The minimum atomic E-state index is -1.94. The summed E-state index contributed by atoms with van der Waals surface area (Å²) >= 11 is 0. The van der Waals surface area contributed by atoms with E-state index in [2.05, 4.69) is 4.74 Å². The molecule has 5 atom stereocenters. The normalized spacial score (nSPS) is 44.8. The topological polar surface area (TPSA) is 52.6 Å². The van der Waals surface area contributed by atoms with Gasteiger partial charge in [0.1, 0.15) is 6.10 Å². The molecule has 0 aromatic carbocycles. The number of fused-ring (bicyclic) bond motifs is 1. The molecule has 2 saturated carbocycles. The Morgan fingerprint density at radius 2 is 2.00 bits per heavy atom. The molecule has 0 amide bonds. The molecule has 0 aromatic rings. The molecule has 2 fully saturated rings. The van der Waals surface area contributed by atoms with Crippen LogP contribution in [0.1, 0.15) is 20.3 Å². The standard InChI is InChI=1S/C11H15FO4/c1-5-4-7(16-6(2)13)9-8(5)11(9,12)10(14)15-3/h5,7-9H,4H2,1-3H3/t5-,7+,8+,9-,11+/m0/s1. The van der Waals surface area contributed by atoms with Gasteiger partial charge in [0.25, 0.3) is 0 Å². The summed E-state index contributed by atoms with van der Waals surface area (Å²) < 4.78 is 23.8. The number of rotatable bonds is 2. The van der Waals surface area contributed by atoms with E-state index in [1.807, 2.05) is 6.92 Å². The molecule has 0 aliphatic heterocycles. The average molecular weight is 230 g/mol. The van der Waals surface area contributed by atoms with Crippen molar-refractivity contribution in [3.8, 4) is 0 Å². The Kier molecular flexibility index (Phi) is 2.44. The summed E-state index contributed by atoms with van der Waals surface area (Å²) in [6, 6.07) is 0. The lowest BCUT2D eigenvalue weighted by molar-refractivity contribution is -0.156. The molecule has 5 heteroatoms. The van der Waals surface area contributed by atoms with E-state index in [1.165, 1.54) is 14.0 Å². The molecule has 0 bridgehead atoms. The Labute approximate surface area is 93.1 Å². The monoisotopic (exact) mass is 230 g/mol. The summed E-state index contributed by atoms with van der Waals surface area (Å²) in [5.74, 6) is -2.11. The highest BCUT2D eigenvalue weighted by Crippen LogP contribution is 2.66. The maximum absolute atomic E-state index is 14.3. The van der Waals surface area contributed by atoms with E-state index in [1.54, 1.807) is 0 Å². The van der Waals surface area contributed by atoms with Crippen molar-refractivity contribution >= 4 is 11.9 Å². The van der Waals surface area contributed by atoms with Crippen LogP contribution < -0.4 is 0 Å². The van der Waals surface area contributed by atoms with Crippen LogP contribution in [0, 0.1) is 17.8 Å². The Morgan fingerprint density at radius 3 is 2.50 bits per heavy atom. The molecule has 2 aliphatic rings. The number of carbonyl (C=O) groups excluding carboxylic acids is 2. The highest BCUT2D eigenvalue weighted by Gasteiger charge is 2.79. The molecule has 0 radical (unpaired) electrons. The summed E-state index contributed by atoms with van der Waals surface area (Å²) in [5, 5.41) is 0. The SMILES string of the molecule is COC(=O)[C@]1(F)[C@@H]2[C@H]1[C@@H](C)C[C@H]2OC(C)=O. The zero-order valence-corrected chi connectivity index (χ0v) is 9.53. The number of alkyl halides is 1. The summed E-state index contributed by atoms with van der Waals surface area (Å²) in [5.41, 5.74) is -1.94. The summed E-state index contributed by atoms with van der Waals surface area (Å²) in [7, 11) is 1.17. The first-order valence-corrected chi connectivity index (χ1v) is 5.37. The van der Waals surface area contributed by atoms with Gasteiger partial charge in [-0.15, -0.1) is 0 Å². The zero-order chi connectivity index (χ0) is 12.1. The molecule has 0 spiro atoms. The first kappa shape index (κ1) is 11.4. The average Bonchev–Trinajstić information content (AvgIpc) is 2.69. The van der Waals surface area contributed by atoms with E-state index in [-0.39, 0.29) is 11.8 Å². The van der Waals surface area contributed by atoms with E-state index in [9.17, 15) is 14.0 Å². The molecular weight excluding hydrogens is 215 g/mol. The van der Waals surface area contributed by atoms with E-state index in [0.29, 0.717) is 6.42 Å². The number of carbonyl (C=O) groups is 2. The lowest BCUT2D eigenvalue weighted by atomic mass is 9.99. The number of esters is 2. The van der Waals surface area contributed by atoms with Crippen molar-refractivity contribution in [3.05, 3.63) is 0 Å². The predicted octanol–water partition coefficient (Wildman–Crippen LogP) is 1.09. The number of hydrogen-bond donors (Lipinski definition) is 0. The second-order valence-electron chi connectivity index (χ2n) is 4.67. The minimum absolute atomic E-state index is 0.0402. The fourth-order valence-electron chi connectivity index (χ4n) is 3.10. The van der Waals surface area contributed by atoms with Gasteiger partial charge in [0.05, 0.1) is 7.11 Å². The van der Waals surface area contributed by atoms with Gasteiger partial charge in [0.2, 0.25) is 5.67 Å². The molecule has 16 heavy (non-hydrogen) atoms. The molecule has 2 aliphatic carbocycles. The van der Waals surface area contributed by atoms with Crippen LogP contribution in [0.2, 0.25) is 0 Å². The van der Waals surface area contributed by atoms with Crippen LogP contribution in [0.5, 0.6) is 0 Å². The Bertz CT molecular complexity index is 343. The van der Waals surface area contributed by atoms with Gasteiger partial charge < -0.3 is 9.47 Å². The van der Waals surface area contributed by atoms with Crippen LogP contribution >= 0.6 is 0 Å². The van der Waals surface area contributed by atoms with Crippen molar-refractivity contribution in [2.45, 2.75) is 32.0 Å². The van der Waals surface area contributed by atoms with Gasteiger partial charge in [0, 0.05) is 18.8 Å². The number of ether oxygens (including phenoxy) is 2. The van der Waals surface area contributed by atoms with Crippen LogP contribution in [0.25, 0.3) is 0 Å². The first-order chi connectivity index (χ1) is 7.42. The van der Waals surface area contributed by atoms with E-state index < -0.39 is 29.6 Å². The van der Waals surface area contributed by atoms with Gasteiger partial charge >= 0.3 is 11.9 Å². The maximum atomic E-state index is 14.3. The Balaban J connectivity index is 2.14. The van der Waals surface area contributed by atoms with E-state index in [4.69, 9.17) is 4.74 Å². The van der Waals surface area contributed by atoms with Gasteiger partial charge in [-0.3, -0.25) is 4.79 Å². The number of hydrogen-bond acceptors (Lipinski definition) is 4. The molecule has 0 unspecified atom stereocenters. The van der Waals surface area contributed by atoms with Gasteiger partial charge in [-0.1, -0.05) is 6.92 Å². The molecular formula is C11H15FO4. The minimum Gasteiger partial charge on any atom is -0.467 e. The largest absolute Gasteiger partial charge is 0.467 e. The predicted molar refractivity (Wildman–Crippen MR) is 52.2 cm³/mol. The lowest BCUT2D eigenvalue weighted by Gasteiger charge is -2.19. The lowest BCUT2D eigenvalue weighted by Crippen LogP contribution is -2.32. The number of halogens is 1. The smallest absolute Gasteiger partial charge is 0.344 e.